The van der Waals surface area contributed by atoms with Gasteiger partial charge in [-0.15, -0.1) is 11.3 Å². The lowest BCUT2D eigenvalue weighted by Crippen LogP contribution is -2.52. The highest BCUT2D eigenvalue weighted by molar-refractivity contribution is 7.09. The van der Waals surface area contributed by atoms with Crippen LogP contribution in [-0.4, -0.2) is 46.1 Å². The highest BCUT2D eigenvalue weighted by Gasteiger charge is 2.36. The zero-order valence-electron chi connectivity index (χ0n) is 17.1. The molecule has 8 heteroatoms. The van der Waals surface area contributed by atoms with Crippen LogP contribution in [0.5, 0.6) is 0 Å². The molecule has 1 saturated heterocycles. The van der Waals surface area contributed by atoms with Crippen molar-refractivity contribution in [2.45, 2.75) is 26.4 Å². The van der Waals surface area contributed by atoms with E-state index in [1.54, 1.807) is 11.3 Å². The Labute approximate surface area is 179 Å². The number of carbonyl (C=O) groups is 2. The minimum absolute atomic E-state index is 0.0890. The van der Waals surface area contributed by atoms with Gasteiger partial charge in [-0.1, -0.05) is 24.3 Å². The first-order valence-corrected chi connectivity index (χ1v) is 10.8. The Morgan fingerprint density at radius 3 is 2.77 bits per heavy atom. The van der Waals surface area contributed by atoms with E-state index >= 15 is 0 Å². The molecular formula is C22H25N5O2S. The molecule has 4 rings (SSSR count). The minimum Gasteiger partial charge on any atom is -0.353 e. The summed E-state index contributed by atoms with van der Waals surface area (Å²) in [6.45, 7) is 5.69. The summed E-state index contributed by atoms with van der Waals surface area (Å²) in [5.41, 5.74) is 3.51. The molecule has 2 N–H and O–H groups in total. The molecule has 1 fully saturated rings. The predicted octanol–water partition coefficient (Wildman–Crippen LogP) is 2.34. The van der Waals surface area contributed by atoms with Gasteiger partial charge < -0.3 is 10.6 Å². The number of nitrogens with zero attached hydrogens (tertiary/aromatic N) is 3. The second-order valence-corrected chi connectivity index (χ2v) is 8.38. The van der Waals surface area contributed by atoms with E-state index in [-0.39, 0.29) is 18.4 Å². The van der Waals surface area contributed by atoms with Crippen LogP contribution in [-0.2, 0) is 16.1 Å². The molecule has 3 heterocycles. The van der Waals surface area contributed by atoms with Crippen LogP contribution in [0.15, 0.2) is 47.8 Å². The second-order valence-electron chi connectivity index (χ2n) is 7.35. The Hall–Kier alpha value is -2.97. The molecule has 2 aromatic heterocycles. The third kappa shape index (κ3) is 4.15. The summed E-state index contributed by atoms with van der Waals surface area (Å²) in [4.78, 5) is 28.5. The Morgan fingerprint density at radius 2 is 2.03 bits per heavy atom. The fourth-order valence-electron chi connectivity index (χ4n) is 3.91. The average Bonchev–Trinajstić information content (AvgIpc) is 3.36. The minimum atomic E-state index is -0.538. The molecule has 3 aromatic rings. The Bertz CT molecular complexity index is 1030. The topological polar surface area (TPSA) is 79.3 Å². The number of carbonyl (C=O) groups excluding carboxylic acids is 2. The van der Waals surface area contributed by atoms with Gasteiger partial charge in [0.05, 0.1) is 24.5 Å². The van der Waals surface area contributed by atoms with Gasteiger partial charge in [0.25, 0.3) is 0 Å². The summed E-state index contributed by atoms with van der Waals surface area (Å²) in [5.74, 6) is -0.181. The lowest BCUT2D eigenvalue weighted by Gasteiger charge is -2.34. The van der Waals surface area contributed by atoms with Crippen LogP contribution < -0.4 is 10.6 Å². The Balaban J connectivity index is 1.57. The van der Waals surface area contributed by atoms with Gasteiger partial charge in [0, 0.05) is 29.2 Å². The number of nitrogens with one attached hydrogen (secondary N) is 2. The molecule has 0 aliphatic carbocycles. The fourth-order valence-corrected chi connectivity index (χ4v) is 4.55. The number of piperazine rings is 1. The molecule has 0 saturated carbocycles. The summed E-state index contributed by atoms with van der Waals surface area (Å²) in [7, 11) is 0. The van der Waals surface area contributed by atoms with Gasteiger partial charge in [-0.05, 0) is 37.4 Å². The molecule has 2 amide bonds. The lowest BCUT2D eigenvalue weighted by molar-refractivity contribution is -0.131. The van der Waals surface area contributed by atoms with E-state index in [1.807, 2.05) is 71.3 Å². The smallest absolute Gasteiger partial charge is 0.242 e. The lowest BCUT2D eigenvalue weighted by atomic mass is 10.00. The molecule has 7 nitrogen and oxygen atoms in total. The van der Waals surface area contributed by atoms with Crippen LogP contribution in [0.1, 0.15) is 27.9 Å². The predicted molar refractivity (Wildman–Crippen MR) is 117 cm³/mol. The first kappa shape index (κ1) is 20.3. The monoisotopic (exact) mass is 423 g/mol. The van der Waals surface area contributed by atoms with Crippen molar-refractivity contribution in [1.29, 1.82) is 0 Å². The number of para-hydroxylation sites is 1. The molecule has 0 bridgehead atoms. The normalized spacial score (nSPS) is 17.0. The maximum absolute atomic E-state index is 12.9. The SMILES string of the molecule is Cc1nn(-c2ccccc2)c(C)c1C1C(=O)NCCN1CC(=O)NCc1cccs1. The first-order valence-electron chi connectivity index (χ1n) is 9.97. The molecule has 1 aliphatic rings. The van der Waals surface area contributed by atoms with E-state index in [0.717, 1.165) is 27.5 Å². The molecule has 1 aliphatic heterocycles. The third-order valence-corrected chi connectivity index (χ3v) is 6.20. The third-order valence-electron chi connectivity index (χ3n) is 5.32. The van der Waals surface area contributed by atoms with Crippen molar-refractivity contribution in [3.63, 3.8) is 0 Å². The molecule has 156 valence electrons. The molecule has 30 heavy (non-hydrogen) atoms. The summed E-state index contributed by atoms with van der Waals surface area (Å²) in [5, 5.41) is 12.6. The average molecular weight is 424 g/mol. The van der Waals surface area contributed by atoms with Crippen LogP contribution in [0.4, 0.5) is 0 Å². The van der Waals surface area contributed by atoms with E-state index in [0.29, 0.717) is 19.6 Å². The van der Waals surface area contributed by atoms with Crippen LogP contribution >= 0.6 is 11.3 Å². The van der Waals surface area contributed by atoms with Gasteiger partial charge in [-0.2, -0.15) is 5.10 Å². The molecule has 1 unspecified atom stereocenters. The standard InChI is InChI=1S/C22H25N5O2S/c1-15-20(16(2)27(25-15)17-7-4-3-5-8-17)21-22(29)23-10-11-26(21)14-19(28)24-13-18-9-6-12-30-18/h3-9,12,21H,10-11,13-14H2,1-2H3,(H,23,29)(H,24,28). The van der Waals surface area contributed by atoms with Crippen molar-refractivity contribution in [3.05, 3.63) is 69.7 Å². The maximum atomic E-state index is 12.9. The van der Waals surface area contributed by atoms with E-state index in [9.17, 15) is 9.59 Å². The number of amides is 2. The van der Waals surface area contributed by atoms with Crippen molar-refractivity contribution in [3.8, 4) is 5.69 Å². The maximum Gasteiger partial charge on any atom is 0.242 e. The number of thiophene rings is 1. The number of aryl methyl sites for hydroxylation is 1. The number of benzene rings is 1. The quantitative estimate of drug-likeness (QED) is 0.638. The highest BCUT2D eigenvalue weighted by Crippen LogP contribution is 2.30. The molecule has 1 aromatic carbocycles. The molecular weight excluding hydrogens is 398 g/mol. The number of hydrogen-bond donors (Lipinski definition) is 2. The van der Waals surface area contributed by atoms with E-state index in [4.69, 9.17) is 0 Å². The number of aromatic nitrogens is 2. The summed E-state index contributed by atoms with van der Waals surface area (Å²) < 4.78 is 1.86. The van der Waals surface area contributed by atoms with Crippen molar-refractivity contribution in [2.75, 3.05) is 19.6 Å². The van der Waals surface area contributed by atoms with Crippen molar-refractivity contribution in [2.24, 2.45) is 0 Å². The van der Waals surface area contributed by atoms with Gasteiger partial charge in [-0.3, -0.25) is 14.5 Å². The van der Waals surface area contributed by atoms with Gasteiger partial charge in [0.15, 0.2) is 0 Å². The van der Waals surface area contributed by atoms with Crippen LogP contribution in [0, 0.1) is 13.8 Å². The number of hydrogen-bond acceptors (Lipinski definition) is 5. The van der Waals surface area contributed by atoms with E-state index in [1.165, 1.54) is 0 Å². The van der Waals surface area contributed by atoms with Gasteiger partial charge in [-0.25, -0.2) is 4.68 Å². The summed E-state index contributed by atoms with van der Waals surface area (Å²) >= 11 is 1.61. The molecule has 0 radical (unpaired) electrons. The van der Waals surface area contributed by atoms with Crippen LogP contribution in [0.3, 0.4) is 0 Å². The second kappa shape index (κ2) is 8.81. The Kier molecular flexibility index (Phi) is 5.96. The van der Waals surface area contributed by atoms with E-state index < -0.39 is 6.04 Å². The van der Waals surface area contributed by atoms with Crippen LogP contribution in [0.2, 0.25) is 0 Å². The molecule has 0 spiro atoms. The highest BCUT2D eigenvalue weighted by atomic mass is 32.1. The molecule has 1 atom stereocenters. The Morgan fingerprint density at radius 1 is 1.23 bits per heavy atom. The van der Waals surface area contributed by atoms with Crippen molar-refractivity contribution < 1.29 is 9.59 Å². The summed E-state index contributed by atoms with van der Waals surface area (Å²) in [6, 6.07) is 13.3. The van der Waals surface area contributed by atoms with Gasteiger partial charge >= 0.3 is 0 Å². The van der Waals surface area contributed by atoms with Gasteiger partial charge in [0.1, 0.15) is 6.04 Å². The van der Waals surface area contributed by atoms with Crippen LogP contribution in [0.25, 0.3) is 5.69 Å². The first-order chi connectivity index (χ1) is 14.5. The largest absolute Gasteiger partial charge is 0.353 e. The zero-order valence-corrected chi connectivity index (χ0v) is 17.9. The van der Waals surface area contributed by atoms with Crippen molar-refractivity contribution >= 4 is 23.2 Å². The zero-order chi connectivity index (χ0) is 21.1. The van der Waals surface area contributed by atoms with Crippen molar-refractivity contribution in [1.82, 2.24) is 25.3 Å². The number of rotatable bonds is 6. The summed E-state index contributed by atoms with van der Waals surface area (Å²) in [6.07, 6.45) is 0. The fraction of sp³-hybridized carbons (Fsp3) is 0.318. The van der Waals surface area contributed by atoms with Gasteiger partial charge in [0.2, 0.25) is 11.8 Å². The van der Waals surface area contributed by atoms with E-state index in [2.05, 4.69) is 15.7 Å².